The minimum atomic E-state index is -3.54. The van der Waals surface area contributed by atoms with Crippen LogP contribution in [0, 0.1) is 0 Å². The van der Waals surface area contributed by atoms with Gasteiger partial charge < -0.3 is 5.32 Å². The third-order valence-corrected chi connectivity index (χ3v) is 5.46. The van der Waals surface area contributed by atoms with Gasteiger partial charge in [-0.2, -0.15) is 5.10 Å². The minimum Gasteiger partial charge on any atom is -0.305 e. The van der Waals surface area contributed by atoms with Gasteiger partial charge in [-0.3, -0.25) is 10.4 Å². The number of hydrogen-bond acceptors (Lipinski definition) is 5. The summed E-state index contributed by atoms with van der Waals surface area (Å²) < 4.78 is 25.0. The molecule has 2 aromatic rings. The van der Waals surface area contributed by atoms with Gasteiger partial charge in [0.2, 0.25) is 10.0 Å². The van der Waals surface area contributed by atoms with Gasteiger partial charge in [-0.05, 0) is 25.0 Å². The molecule has 2 aromatic heterocycles. The summed E-state index contributed by atoms with van der Waals surface area (Å²) in [5.74, 6) is 0.679. The van der Waals surface area contributed by atoms with Gasteiger partial charge in [0.25, 0.3) is 0 Å². The predicted molar refractivity (Wildman–Crippen MR) is 88.3 cm³/mol. The average Bonchev–Trinajstić information content (AvgIpc) is 3.28. The van der Waals surface area contributed by atoms with E-state index < -0.39 is 16.1 Å². The van der Waals surface area contributed by atoms with Gasteiger partial charge in [0, 0.05) is 26.2 Å². The molecule has 0 saturated heterocycles. The SMILES string of the molecule is CN(C)S(=O)(=O)c1ccc(NC(=O)Nc2cn[nH]c2C2CC2)nc1. The lowest BCUT2D eigenvalue weighted by Crippen LogP contribution is -2.23. The second kappa shape index (κ2) is 6.21. The molecule has 3 rings (SSSR count). The molecule has 2 heterocycles. The Morgan fingerprint density at radius 1 is 1.25 bits per heavy atom. The first-order valence-corrected chi connectivity index (χ1v) is 8.82. The summed E-state index contributed by atoms with van der Waals surface area (Å²) in [6.07, 6.45) is 4.94. The van der Waals surface area contributed by atoms with Crippen LogP contribution in [0.25, 0.3) is 0 Å². The number of sulfonamides is 1. The third-order valence-electron chi connectivity index (χ3n) is 3.66. The quantitative estimate of drug-likeness (QED) is 0.756. The van der Waals surface area contributed by atoms with E-state index >= 15 is 0 Å². The number of amides is 2. The van der Waals surface area contributed by atoms with Crippen LogP contribution in [-0.4, -0.2) is 48.0 Å². The summed E-state index contributed by atoms with van der Waals surface area (Å²) >= 11 is 0. The van der Waals surface area contributed by atoms with Gasteiger partial charge in [-0.15, -0.1) is 0 Å². The Morgan fingerprint density at radius 3 is 2.58 bits per heavy atom. The number of urea groups is 1. The van der Waals surface area contributed by atoms with Crippen LogP contribution in [-0.2, 0) is 10.0 Å². The lowest BCUT2D eigenvalue weighted by molar-refractivity contribution is 0.262. The molecular weight excluding hydrogens is 332 g/mol. The van der Waals surface area contributed by atoms with Crippen LogP contribution < -0.4 is 10.6 Å². The molecule has 9 nitrogen and oxygen atoms in total. The van der Waals surface area contributed by atoms with Crippen LogP contribution in [0.3, 0.4) is 0 Å². The summed E-state index contributed by atoms with van der Waals surface area (Å²) in [7, 11) is -0.658. The van der Waals surface area contributed by atoms with Gasteiger partial charge in [-0.1, -0.05) is 0 Å². The zero-order valence-electron chi connectivity index (χ0n) is 13.3. The number of rotatable bonds is 5. The van der Waals surface area contributed by atoms with Gasteiger partial charge in [0.05, 0.1) is 17.6 Å². The Morgan fingerprint density at radius 2 is 2.00 bits per heavy atom. The van der Waals surface area contributed by atoms with E-state index in [0.717, 1.165) is 22.8 Å². The molecule has 0 aromatic carbocycles. The normalized spacial score (nSPS) is 14.6. The zero-order chi connectivity index (χ0) is 17.3. The third kappa shape index (κ3) is 3.39. The molecule has 0 atom stereocenters. The fourth-order valence-electron chi connectivity index (χ4n) is 2.17. The summed E-state index contributed by atoms with van der Waals surface area (Å²) in [4.78, 5) is 16.1. The zero-order valence-corrected chi connectivity index (χ0v) is 14.1. The topological polar surface area (TPSA) is 120 Å². The first kappa shape index (κ1) is 16.4. The number of nitrogens with one attached hydrogen (secondary N) is 3. The standard InChI is InChI=1S/C14H18N6O3S/c1-20(2)24(22,23)10-5-6-12(15-7-10)18-14(21)17-11-8-16-19-13(11)9-3-4-9/h5-9H,3-4H2,1-2H3,(H,16,19)(H2,15,17,18,21). The lowest BCUT2D eigenvalue weighted by Gasteiger charge is -2.11. The van der Waals surface area contributed by atoms with Crippen molar-refractivity contribution in [1.82, 2.24) is 19.5 Å². The molecule has 128 valence electrons. The molecule has 0 unspecified atom stereocenters. The largest absolute Gasteiger partial charge is 0.324 e. The summed E-state index contributed by atoms with van der Waals surface area (Å²) in [6, 6.07) is 2.37. The molecule has 0 spiro atoms. The number of pyridine rings is 1. The smallest absolute Gasteiger partial charge is 0.305 e. The number of aromatic nitrogens is 3. The van der Waals surface area contributed by atoms with Crippen LogP contribution in [0.2, 0.25) is 0 Å². The van der Waals surface area contributed by atoms with Gasteiger partial charge in [-0.25, -0.2) is 22.5 Å². The minimum absolute atomic E-state index is 0.0595. The van der Waals surface area contributed by atoms with Crippen molar-refractivity contribution in [3.63, 3.8) is 0 Å². The van der Waals surface area contributed by atoms with E-state index in [4.69, 9.17) is 0 Å². The van der Waals surface area contributed by atoms with E-state index in [9.17, 15) is 13.2 Å². The van der Waals surface area contributed by atoms with Gasteiger partial charge >= 0.3 is 6.03 Å². The number of nitrogens with zero attached hydrogens (tertiary/aromatic N) is 3. The Labute approximate surface area is 139 Å². The molecule has 1 fully saturated rings. The Kier molecular flexibility index (Phi) is 4.24. The molecule has 1 aliphatic carbocycles. The monoisotopic (exact) mass is 350 g/mol. The number of anilines is 2. The summed E-state index contributed by atoms with van der Waals surface area (Å²) in [5, 5.41) is 12.1. The highest BCUT2D eigenvalue weighted by molar-refractivity contribution is 7.89. The molecular formula is C14H18N6O3S. The van der Waals surface area contributed by atoms with Crippen LogP contribution in [0.15, 0.2) is 29.4 Å². The van der Waals surface area contributed by atoms with Crippen molar-refractivity contribution in [2.45, 2.75) is 23.7 Å². The van der Waals surface area contributed by atoms with Crippen LogP contribution in [0.5, 0.6) is 0 Å². The molecule has 2 amide bonds. The highest BCUT2D eigenvalue weighted by Crippen LogP contribution is 2.42. The number of carbonyl (C=O) groups excluding carboxylic acids is 1. The van der Waals surface area contributed by atoms with Crippen LogP contribution >= 0.6 is 0 Å². The molecule has 0 radical (unpaired) electrons. The number of carbonyl (C=O) groups is 1. The Bertz CT molecular complexity index is 840. The average molecular weight is 350 g/mol. The number of hydrogen-bond donors (Lipinski definition) is 3. The lowest BCUT2D eigenvalue weighted by atomic mass is 10.2. The maximum absolute atomic E-state index is 12.0. The second-order valence-corrected chi connectivity index (χ2v) is 7.87. The molecule has 3 N–H and O–H groups in total. The molecule has 10 heteroatoms. The first-order chi connectivity index (χ1) is 11.4. The maximum Gasteiger partial charge on any atom is 0.324 e. The van der Waals surface area contributed by atoms with Crippen molar-refractivity contribution in [1.29, 1.82) is 0 Å². The van der Waals surface area contributed by atoms with Gasteiger partial charge in [0.1, 0.15) is 10.7 Å². The van der Waals surface area contributed by atoms with Crippen molar-refractivity contribution in [2.75, 3.05) is 24.7 Å². The highest BCUT2D eigenvalue weighted by Gasteiger charge is 2.28. The molecule has 1 saturated carbocycles. The second-order valence-electron chi connectivity index (χ2n) is 5.72. The van der Waals surface area contributed by atoms with E-state index in [1.807, 2.05) is 0 Å². The predicted octanol–water partition coefficient (Wildman–Crippen LogP) is 1.58. The van der Waals surface area contributed by atoms with Crippen molar-refractivity contribution in [3.05, 3.63) is 30.2 Å². The van der Waals surface area contributed by atoms with Crippen molar-refractivity contribution in [3.8, 4) is 0 Å². The van der Waals surface area contributed by atoms with E-state index in [2.05, 4.69) is 25.8 Å². The van der Waals surface area contributed by atoms with E-state index in [0.29, 0.717) is 11.6 Å². The van der Waals surface area contributed by atoms with Gasteiger partial charge in [0.15, 0.2) is 0 Å². The van der Waals surface area contributed by atoms with Crippen LogP contribution in [0.1, 0.15) is 24.5 Å². The fourth-order valence-corrected chi connectivity index (χ4v) is 3.01. The molecule has 1 aliphatic rings. The number of H-pyrrole nitrogens is 1. The van der Waals surface area contributed by atoms with Crippen molar-refractivity contribution < 1.29 is 13.2 Å². The summed E-state index contributed by atoms with van der Waals surface area (Å²) in [6.45, 7) is 0. The summed E-state index contributed by atoms with van der Waals surface area (Å²) in [5.41, 5.74) is 1.56. The molecule has 0 bridgehead atoms. The number of aromatic amines is 1. The van der Waals surface area contributed by atoms with Crippen LogP contribution in [0.4, 0.5) is 16.3 Å². The van der Waals surface area contributed by atoms with E-state index in [-0.39, 0.29) is 10.7 Å². The Balaban J connectivity index is 1.65. The maximum atomic E-state index is 12.0. The molecule has 0 aliphatic heterocycles. The fraction of sp³-hybridized carbons (Fsp3) is 0.357. The highest BCUT2D eigenvalue weighted by atomic mass is 32.2. The van der Waals surface area contributed by atoms with E-state index in [1.54, 1.807) is 6.20 Å². The van der Waals surface area contributed by atoms with E-state index in [1.165, 1.54) is 32.4 Å². The molecule has 24 heavy (non-hydrogen) atoms. The van der Waals surface area contributed by atoms with Crippen molar-refractivity contribution >= 4 is 27.6 Å². The van der Waals surface area contributed by atoms with Crippen molar-refractivity contribution in [2.24, 2.45) is 0 Å². The first-order valence-electron chi connectivity index (χ1n) is 7.38. The Hall–Kier alpha value is -2.46.